The Morgan fingerprint density at radius 2 is 2.35 bits per heavy atom. The number of rotatable bonds is 4. The molecule has 0 aliphatic carbocycles. The number of amides is 1. The van der Waals surface area contributed by atoms with Gasteiger partial charge in [-0.1, -0.05) is 13.3 Å². The van der Waals surface area contributed by atoms with Gasteiger partial charge in [0.1, 0.15) is 11.8 Å². The van der Waals surface area contributed by atoms with Gasteiger partial charge in [-0.25, -0.2) is 0 Å². The third kappa shape index (κ3) is 2.55. The van der Waals surface area contributed by atoms with Gasteiger partial charge < -0.3 is 15.1 Å². The number of likely N-dealkylation sites (tertiary alicyclic amines) is 1. The highest BCUT2D eigenvalue weighted by atomic mass is 79.9. The molecule has 2 N–H and O–H groups in total. The van der Waals surface area contributed by atoms with Gasteiger partial charge in [-0.05, 0) is 34.5 Å². The summed E-state index contributed by atoms with van der Waals surface area (Å²) in [6, 6.07) is 3.44. The van der Waals surface area contributed by atoms with Crippen LogP contribution in [0.1, 0.15) is 38.0 Å². The van der Waals surface area contributed by atoms with Crippen LogP contribution < -0.4 is 5.73 Å². The van der Waals surface area contributed by atoms with Gasteiger partial charge in [0.2, 0.25) is 5.91 Å². The number of halogens is 1. The molecule has 0 bridgehead atoms. The zero-order valence-electron chi connectivity index (χ0n) is 9.86. The van der Waals surface area contributed by atoms with Crippen LogP contribution in [0, 0.1) is 0 Å². The highest BCUT2D eigenvalue weighted by Gasteiger charge is 2.39. The molecule has 0 spiro atoms. The summed E-state index contributed by atoms with van der Waals surface area (Å²) < 4.78 is 6.21. The van der Waals surface area contributed by atoms with Crippen molar-refractivity contribution in [3.8, 4) is 0 Å². The van der Waals surface area contributed by atoms with E-state index >= 15 is 0 Å². The van der Waals surface area contributed by atoms with Gasteiger partial charge >= 0.3 is 0 Å². The second-order valence-electron chi connectivity index (χ2n) is 4.40. The molecule has 1 aromatic heterocycles. The van der Waals surface area contributed by atoms with E-state index in [0.717, 1.165) is 25.1 Å². The molecule has 1 aromatic rings. The first kappa shape index (κ1) is 12.6. The zero-order valence-corrected chi connectivity index (χ0v) is 11.4. The average Bonchev–Trinajstić information content (AvgIpc) is 2.80. The Labute approximate surface area is 109 Å². The van der Waals surface area contributed by atoms with E-state index in [1.807, 2.05) is 17.0 Å². The van der Waals surface area contributed by atoms with E-state index in [2.05, 4.69) is 22.9 Å². The van der Waals surface area contributed by atoms with Crippen molar-refractivity contribution in [1.82, 2.24) is 4.90 Å². The van der Waals surface area contributed by atoms with Crippen molar-refractivity contribution in [2.75, 3.05) is 6.54 Å². The molecule has 1 fully saturated rings. The standard InChI is InChI=1S/C12H17BrN2O2/c1-2-3-6-15-11(16)7-8(14)12(15)9-4-5-10(13)17-9/h4-5,8,12H,2-3,6-7,14H2,1H3. The van der Waals surface area contributed by atoms with Crippen molar-refractivity contribution < 1.29 is 9.21 Å². The van der Waals surface area contributed by atoms with Crippen molar-refractivity contribution in [2.24, 2.45) is 5.73 Å². The lowest BCUT2D eigenvalue weighted by atomic mass is 10.1. The summed E-state index contributed by atoms with van der Waals surface area (Å²) in [6.07, 6.45) is 2.47. The van der Waals surface area contributed by atoms with Gasteiger partial charge in [0.05, 0.1) is 0 Å². The van der Waals surface area contributed by atoms with E-state index in [4.69, 9.17) is 10.2 Å². The summed E-state index contributed by atoms with van der Waals surface area (Å²) in [6.45, 7) is 2.87. The summed E-state index contributed by atoms with van der Waals surface area (Å²) in [5.74, 6) is 0.898. The topological polar surface area (TPSA) is 59.5 Å². The largest absolute Gasteiger partial charge is 0.452 e. The number of unbranched alkanes of at least 4 members (excludes halogenated alkanes) is 1. The Balaban J connectivity index is 2.19. The highest BCUT2D eigenvalue weighted by molar-refractivity contribution is 9.10. The molecular weight excluding hydrogens is 284 g/mol. The molecule has 2 unspecified atom stereocenters. The van der Waals surface area contributed by atoms with Gasteiger partial charge in [-0.2, -0.15) is 0 Å². The van der Waals surface area contributed by atoms with E-state index < -0.39 is 0 Å². The van der Waals surface area contributed by atoms with Crippen LogP contribution in [0.5, 0.6) is 0 Å². The quantitative estimate of drug-likeness (QED) is 0.929. The molecule has 1 saturated heterocycles. The molecule has 0 aromatic carbocycles. The van der Waals surface area contributed by atoms with Crippen LogP contribution in [0.25, 0.3) is 0 Å². The first-order valence-corrected chi connectivity index (χ1v) is 6.73. The minimum atomic E-state index is -0.169. The fourth-order valence-corrected chi connectivity index (χ4v) is 2.58. The predicted octanol–water partition coefficient (Wildman–Crippen LogP) is 2.44. The van der Waals surface area contributed by atoms with Gasteiger partial charge in [-0.15, -0.1) is 0 Å². The summed E-state index contributed by atoms with van der Waals surface area (Å²) in [5, 5.41) is 0. The lowest BCUT2D eigenvalue weighted by molar-refractivity contribution is -0.129. The van der Waals surface area contributed by atoms with Crippen LogP contribution >= 0.6 is 15.9 Å². The fourth-order valence-electron chi connectivity index (χ4n) is 2.26. The number of furan rings is 1. The molecule has 0 radical (unpaired) electrons. The maximum Gasteiger partial charge on any atom is 0.224 e. The van der Waals surface area contributed by atoms with E-state index in [1.54, 1.807) is 0 Å². The minimum Gasteiger partial charge on any atom is -0.452 e. The zero-order chi connectivity index (χ0) is 12.4. The maximum atomic E-state index is 11.9. The molecule has 94 valence electrons. The van der Waals surface area contributed by atoms with Crippen LogP contribution in [0.3, 0.4) is 0 Å². The Bertz CT molecular complexity index is 405. The number of carbonyl (C=O) groups excluding carboxylic acids is 1. The Morgan fingerprint density at radius 3 is 2.94 bits per heavy atom. The van der Waals surface area contributed by atoms with Gasteiger partial charge in [0, 0.05) is 19.0 Å². The van der Waals surface area contributed by atoms with E-state index in [0.29, 0.717) is 11.1 Å². The smallest absolute Gasteiger partial charge is 0.224 e. The normalized spacial score (nSPS) is 24.6. The first-order chi connectivity index (χ1) is 8.13. The maximum absolute atomic E-state index is 11.9. The van der Waals surface area contributed by atoms with Crippen molar-refractivity contribution in [3.63, 3.8) is 0 Å². The number of hydrogen-bond acceptors (Lipinski definition) is 3. The van der Waals surface area contributed by atoms with Crippen LogP contribution in [-0.4, -0.2) is 23.4 Å². The summed E-state index contributed by atoms with van der Waals surface area (Å²) in [7, 11) is 0. The second kappa shape index (κ2) is 5.23. The molecule has 1 amide bonds. The third-order valence-electron chi connectivity index (χ3n) is 3.11. The molecule has 17 heavy (non-hydrogen) atoms. The molecule has 1 aliphatic rings. The predicted molar refractivity (Wildman–Crippen MR) is 68.4 cm³/mol. The fraction of sp³-hybridized carbons (Fsp3) is 0.583. The van der Waals surface area contributed by atoms with E-state index in [9.17, 15) is 4.79 Å². The van der Waals surface area contributed by atoms with Gasteiger partial charge in [0.15, 0.2) is 4.67 Å². The first-order valence-electron chi connectivity index (χ1n) is 5.93. The van der Waals surface area contributed by atoms with Crippen LogP contribution in [-0.2, 0) is 4.79 Å². The molecule has 4 nitrogen and oxygen atoms in total. The molecule has 5 heteroatoms. The van der Waals surface area contributed by atoms with Crippen molar-refractivity contribution >= 4 is 21.8 Å². The Kier molecular flexibility index (Phi) is 3.89. The Hall–Kier alpha value is -0.810. The third-order valence-corrected chi connectivity index (χ3v) is 3.54. The van der Waals surface area contributed by atoms with Crippen LogP contribution in [0.4, 0.5) is 0 Å². The van der Waals surface area contributed by atoms with E-state index in [-0.39, 0.29) is 18.0 Å². The molecule has 0 saturated carbocycles. The highest BCUT2D eigenvalue weighted by Crippen LogP contribution is 2.34. The van der Waals surface area contributed by atoms with E-state index in [1.165, 1.54) is 0 Å². The number of nitrogens with zero attached hydrogens (tertiary/aromatic N) is 1. The lowest BCUT2D eigenvalue weighted by Gasteiger charge is -2.24. The Morgan fingerprint density at radius 1 is 1.59 bits per heavy atom. The number of carbonyl (C=O) groups is 1. The van der Waals surface area contributed by atoms with Crippen LogP contribution in [0.2, 0.25) is 0 Å². The molecular formula is C12H17BrN2O2. The number of hydrogen-bond donors (Lipinski definition) is 1. The molecule has 2 rings (SSSR count). The van der Waals surface area contributed by atoms with Gasteiger partial charge in [-0.3, -0.25) is 4.79 Å². The lowest BCUT2D eigenvalue weighted by Crippen LogP contribution is -2.33. The molecule has 2 heterocycles. The molecule has 2 atom stereocenters. The summed E-state index contributed by atoms with van der Waals surface area (Å²) in [5.41, 5.74) is 6.04. The monoisotopic (exact) mass is 300 g/mol. The molecule has 1 aliphatic heterocycles. The summed E-state index contributed by atoms with van der Waals surface area (Å²) in [4.78, 5) is 13.7. The SMILES string of the molecule is CCCCN1C(=O)CC(N)C1c1ccc(Br)o1. The van der Waals surface area contributed by atoms with Gasteiger partial charge in [0.25, 0.3) is 0 Å². The van der Waals surface area contributed by atoms with Crippen molar-refractivity contribution in [3.05, 3.63) is 22.6 Å². The van der Waals surface area contributed by atoms with Crippen molar-refractivity contribution in [1.29, 1.82) is 0 Å². The van der Waals surface area contributed by atoms with Crippen molar-refractivity contribution in [2.45, 2.75) is 38.3 Å². The second-order valence-corrected chi connectivity index (χ2v) is 5.18. The minimum absolute atomic E-state index is 0.111. The summed E-state index contributed by atoms with van der Waals surface area (Å²) >= 11 is 3.28. The average molecular weight is 301 g/mol. The van der Waals surface area contributed by atoms with Crippen LogP contribution in [0.15, 0.2) is 21.2 Å². The number of nitrogens with two attached hydrogens (primary N) is 1.